The van der Waals surface area contributed by atoms with E-state index in [1.165, 1.54) is 0 Å². The molecule has 2 atom stereocenters. The highest BCUT2D eigenvalue weighted by Gasteiger charge is 2.20. The van der Waals surface area contributed by atoms with Crippen LogP contribution in [-0.4, -0.2) is 34.4 Å². The summed E-state index contributed by atoms with van der Waals surface area (Å²) in [5.74, 6) is -1.15. The number of aliphatic carboxylic acids is 1. The van der Waals surface area contributed by atoms with Crippen molar-refractivity contribution in [2.75, 3.05) is 0 Å². The molecule has 0 fully saturated rings. The Labute approximate surface area is 117 Å². The number of carboxylic acids is 1. The number of ether oxygens (including phenoxy) is 1. The van der Waals surface area contributed by atoms with Gasteiger partial charge in [0.15, 0.2) is 0 Å². The second-order valence-electron chi connectivity index (χ2n) is 4.52. The minimum Gasteiger partial charge on any atom is -0.480 e. The molecule has 20 heavy (non-hydrogen) atoms. The lowest BCUT2D eigenvalue weighted by atomic mass is 10.1. The zero-order chi connectivity index (χ0) is 15.0. The summed E-state index contributed by atoms with van der Waals surface area (Å²) in [6.45, 7) is 1.64. The number of aliphatic hydroxyl groups is 1. The molecule has 0 bridgehead atoms. The molecule has 1 rings (SSSR count). The molecule has 0 aromatic heterocycles. The number of rotatable bonds is 7. The summed E-state index contributed by atoms with van der Waals surface area (Å²) in [4.78, 5) is 22.5. The third-order valence-corrected chi connectivity index (χ3v) is 2.68. The fourth-order valence-corrected chi connectivity index (χ4v) is 1.57. The first kappa shape index (κ1) is 16.0. The van der Waals surface area contributed by atoms with Crippen LogP contribution in [0.4, 0.5) is 4.79 Å². The Morgan fingerprint density at radius 2 is 1.90 bits per heavy atom. The second-order valence-corrected chi connectivity index (χ2v) is 4.52. The van der Waals surface area contributed by atoms with Gasteiger partial charge >= 0.3 is 12.1 Å². The van der Waals surface area contributed by atoms with Crippen LogP contribution in [-0.2, 0) is 16.1 Å². The first-order chi connectivity index (χ1) is 9.49. The van der Waals surface area contributed by atoms with Gasteiger partial charge in [-0.2, -0.15) is 0 Å². The molecule has 0 aliphatic carbocycles. The lowest BCUT2D eigenvalue weighted by Crippen LogP contribution is -2.41. The van der Waals surface area contributed by atoms with Gasteiger partial charge in [0.05, 0.1) is 6.10 Å². The van der Waals surface area contributed by atoms with Gasteiger partial charge in [0.25, 0.3) is 0 Å². The highest BCUT2D eigenvalue weighted by Crippen LogP contribution is 2.04. The van der Waals surface area contributed by atoms with Crippen LogP contribution in [0.25, 0.3) is 0 Å². The summed E-state index contributed by atoms with van der Waals surface area (Å²) in [6.07, 6.45) is -0.963. The standard InChI is InChI=1S/C14H19NO5/c1-10(16)7-8-12(13(17)18)15-14(19)20-9-11-5-3-2-4-6-11/h2-6,10,12,16H,7-9H2,1H3,(H,15,19)(H,17,18)/t10-,12+/m1/s1. The minimum absolute atomic E-state index is 0.0788. The fraction of sp³-hybridized carbons (Fsp3) is 0.429. The first-order valence-electron chi connectivity index (χ1n) is 6.37. The summed E-state index contributed by atoms with van der Waals surface area (Å²) >= 11 is 0. The molecule has 110 valence electrons. The van der Waals surface area contributed by atoms with Crippen LogP contribution in [0, 0.1) is 0 Å². The smallest absolute Gasteiger partial charge is 0.408 e. The SMILES string of the molecule is C[C@@H](O)CC[C@H](NC(=O)OCc1ccccc1)C(=O)O. The van der Waals surface area contributed by atoms with E-state index >= 15 is 0 Å². The van der Waals surface area contributed by atoms with E-state index in [9.17, 15) is 9.59 Å². The molecule has 1 aromatic rings. The maximum absolute atomic E-state index is 11.5. The Morgan fingerprint density at radius 3 is 2.45 bits per heavy atom. The van der Waals surface area contributed by atoms with Gasteiger partial charge in [0.1, 0.15) is 12.6 Å². The van der Waals surface area contributed by atoms with Gasteiger partial charge < -0.3 is 20.3 Å². The molecule has 0 heterocycles. The molecule has 0 radical (unpaired) electrons. The summed E-state index contributed by atoms with van der Waals surface area (Å²) in [7, 11) is 0. The van der Waals surface area contributed by atoms with Gasteiger partial charge in [-0.05, 0) is 25.3 Å². The zero-order valence-corrected chi connectivity index (χ0v) is 11.3. The average molecular weight is 281 g/mol. The van der Waals surface area contributed by atoms with Crippen molar-refractivity contribution in [3.05, 3.63) is 35.9 Å². The van der Waals surface area contributed by atoms with E-state index in [4.69, 9.17) is 14.9 Å². The van der Waals surface area contributed by atoms with Crippen LogP contribution in [0.15, 0.2) is 30.3 Å². The Bertz CT molecular complexity index is 432. The van der Waals surface area contributed by atoms with E-state index < -0.39 is 24.2 Å². The highest BCUT2D eigenvalue weighted by molar-refractivity contribution is 5.79. The van der Waals surface area contributed by atoms with Crippen molar-refractivity contribution in [2.45, 2.75) is 38.5 Å². The lowest BCUT2D eigenvalue weighted by molar-refractivity contribution is -0.139. The molecule has 0 saturated carbocycles. The summed E-state index contributed by atoms with van der Waals surface area (Å²) < 4.78 is 4.94. The van der Waals surface area contributed by atoms with Crippen LogP contribution < -0.4 is 5.32 Å². The number of hydrogen-bond acceptors (Lipinski definition) is 4. The molecule has 6 nitrogen and oxygen atoms in total. The fourth-order valence-electron chi connectivity index (χ4n) is 1.57. The van der Waals surface area contributed by atoms with Crippen LogP contribution in [0.3, 0.4) is 0 Å². The molecule has 1 amide bonds. The molecule has 1 aromatic carbocycles. The van der Waals surface area contributed by atoms with Gasteiger partial charge in [-0.3, -0.25) is 0 Å². The lowest BCUT2D eigenvalue weighted by Gasteiger charge is -2.15. The molecule has 0 aliphatic rings. The Morgan fingerprint density at radius 1 is 1.25 bits per heavy atom. The number of benzene rings is 1. The topological polar surface area (TPSA) is 95.9 Å². The van der Waals surface area contributed by atoms with Crippen molar-refractivity contribution in [3.63, 3.8) is 0 Å². The zero-order valence-electron chi connectivity index (χ0n) is 11.3. The molecule has 0 saturated heterocycles. The maximum atomic E-state index is 11.5. The van der Waals surface area contributed by atoms with Crippen molar-refractivity contribution in [1.82, 2.24) is 5.32 Å². The monoisotopic (exact) mass is 281 g/mol. The largest absolute Gasteiger partial charge is 0.480 e. The first-order valence-corrected chi connectivity index (χ1v) is 6.37. The van der Waals surface area contributed by atoms with E-state index in [-0.39, 0.29) is 19.4 Å². The number of carbonyl (C=O) groups is 2. The number of aliphatic hydroxyl groups excluding tert-OH is 1. The van der Waals surface area contributed by atoms with E-state index in [1.54, 1.807) is 19.1 Å². The van der Waals surface area contributed by atoms with Gasteiger partial charge in [-0.15, -0.1) is 0 Å². The predicted octanol–water partition coefficient (Wildman–Crippen LogP) is 1.53. The van der Waals surface area contributed by atoms with E-state index in [1.807, 2.05) is 18.2 Å². The quantitative estimate of drug-likeness (QED) is 0.704. The van der Waals surface area contributed by atoms with E-state index in [2.05, 4.69) is 5.32 Å². The normalized spacial score (nSPS) is 13.3. The Hall–Kier alpha value is -2.08. The molecular weight excluding hydrogens is 262 g/mol. The molecule has 0 unspecified atom stereocenters. The Kier molecular flexibility index (Phi) is 6.52. The minimum atomic E-state index is -1.15. The van der Waals surface area contributed by atoms with Gasteiger partial charge in [-0.1, -0.05) is 30.3 Å². The number of hydrogen-bond donors (Lipinski definition) is 3. The second kappa shape index (κ2) is 8.16. The van der Waals surface area contributed by atoms with E-state index in [0.29, 0.717) is 0 Å². The van der Waals surface area contributed by atoms with Crippen molar-refractivity contribution < 1.29 is 24.5 Å². The molecule has 6 heteroatoms. The third-order valence-electron chi connectivity index (χ3n) is 2.68. The number of carbonyl (C=O) groups excluding carboxylic acids is 1. The van der Waals surface area contributed by atoms with Crippen molar-refractivity contribution >= 4 is 12.1 Å². The van der Waals surface area contributed by atoms with Gasteiger partial charge in [0, 0.05) is 0 Å². The van der Waals surface area contributed by atoms with Crippen LogP contribution >= 0.6 is 0 Å². The molecule has 0 aliphatic heterocycles. The molecule has 0 spiro atoms. The molecular formula is C14H19NO5. The summed E-state index contributed by atoms with van der Waals surface area (Å²) in [5, 5.41) is 20.4. The maximum Gasteiger partial charge on any atom is 0.408 e. The highest BCUT2D eigenvalue weighted by atomic mass is 16.5. The Balaban J connectivity index is 2.40. The number of amides is 1. The summed E-state index contributed by atoms with van der Waals surface area (Å²) in [6, 6.07) is 8.02. The van der Waals surface area contributed by atoms with E-state index in [0.717, 1.165) is 5.56 Å². The van der Waals surface area contributed by atoms with Crippen LogP contribution in [0.2, 0.25) is 0 Å². The molecule has 3 N–H and O–H groups in total. The van der Waals surface area contributed by atoms with Gasteiger partial charge in [0.2, 0.25) is 0 Å². The van der Waals surface area contributed by atoms with Crippen molar-refractivity contribution in [3.8, 4) is 0 Å². The third kappa shape index (κ3) is 6.19. The summed E-state index contributed by atoms with van der Waals surface area (Å²) in [5.41, 5.74) is 0.818. The van der Waals surface area contributed by atoms with Crippen LogP contribution in [0.5, 0.6) is 0 Å². The number of alkyl carbamates (subject to hydrolysis) is 1. The van der Waals surface area contributed by atoms with Crippen LogP contribution in [0.1, 0.15) is 25.3 Å². The van der Waals surface area contributed by atoms with Crippen molar-refractivity contribution in [2.24, 2.45) is 0 Å². The van der Waals surface area contributed by atoms with Crippen molar-refractivity contribution in [1.29, 1.82) is 0 Å². The van der Waals surface area contributed by atoms with Gasteiger partial charge in [-0.25, -0.2) is 9.59 Å². The number of carboxylic acid groups (broad SMARTS) is 1. The average Bonchev–Trinajstić information content (AvgIpc) is 2.41. The number of nitrogens with one attached hydrogen (secondary N) is 1. The predicted molar refractivity (Wildman–Crippen MR) is 72.1 cm³/mol.